The molecule has 2 N–H and O–H groups in total. The maximum Gasteiger partial charge on any atom is 0.191 e. The molecule has 0 saturated heterocycles. The second-order valence-electron chi connectivity index (χ2n) is 5.66. The van der Waals surface area contributed by atoms with Crippen LogP contribution in [0.15, 0.2) is 10.4 Å². The molecule has 0 bridgehead atoms. The summed E-state index contributed by atoms with van der Waals surface area (Å²) in [7, 11) is 1.77. The van der Waals surface area contributed by atoms with Gasteiger partial charge >= 0.3 is 0 Å². The van der Waals surface area contributed by atoms with Gasteiger partial charge in [-0.3, -0.25) is 4.99 Å². The number of guanidine groups is 1. The van der Waals surface area contributed by atoms with Crippen molar-refractivity contribution >= 4 is 17.3 Å². The normalized spacial score (nSPS) is 15.1. The van der Waals surface area contributed by atoms with Crippen LogP contribution in [0.1, 0.15) is 41.6 Å². The van der Waals surface area contributed by atoms with Gasteiger partial charge in [0.05, 0.1) is 13.1 Å². The summed E-state index contributed by atoms with van der Waals surface area (Å²) in [5, 5.41) is 18.4. The molecule has 1 aliphatic rings. The second kappa shape index (κ2) is 7.54. The highest BCUT2D eigenvalue weighted by atomic mass is 32.1. The van der Waals surface area contributed by atoms with Crippen LogP contribution in [-0.4, -0.2) is 32.8 Å². The molecule has 3 heterocycles. The highest BCUT2D eigenvalue weighted by Gasteiger charge is 2.14. The fourth-order valence-electron chi connectivity index (χ4n) is 2.70. The van der Waals surface area contributed by atoms with Crippen LogP contribution < -0.4 is 10.6 Å². The van der Waals surface area contributed by atoms with Crippen LogP contribution in [0.3, 0.4) is 0 Å². The molecule has 0 fully saturated rings. The smallest absolute Gasteiger partial charge is 0.191 e. The van der Waals surface area contributed by atoms with Gasteiger partial charge in [-0.25, -0.2) is 4.98 Å². The Kier molecular flexibility index (Phi) is 5.22. The van der Waals surface area contributed by atoms with Crippen molar-refractivity contribution < 1.29 is 0 Å². The minimum atomic E-state index is 0.629. The Labute approximate surface area is 140 Å². The summed E-state index contributed by atoms with van der Waals surface area (Å²) in [5.41, 5.74) is 1.06. The standard InChI is InChI=1S/C15H23N7S/c1-11-10-23-14(19-11)9-18-15(16-2)17-8-13-21-20-12-6-4-3-5-7-22(12)13/h10H,3-9H2,1-2H3,(H2,16,17,18). The van der Waals surface area contributed by atoms with Gasteiger partial charge in [0.2, 0.25) is 0 Å². The van der Waals surface area contributed by atoms with Gasteiger partial charge in [-0.15, -0.1) is 21.5 Å². The Hall–Kier alpha value is -1.96. The van der Waals surface area contributed by atoms with Gasteiger partial charge in [-0.2, -0.15) is 0 Å². The molecule has 0 aliphatic carbocycles. The van der Waals surface area contributed by atoms with E-state index in [9.17, 15) is 0 Å². The van der Waals surface area contributed by atoms with Crippen LogP contribution in [0.5, 0.6) is 0 Å². The summed E-state index contributed by atoms with van der Waals surface area (Å²) >= 11 is 1.66. The maximum atomic E-state index is 4.44. The number of nitrogens with one attached hydrogen (secondary N) is 2. The van der Waals surface area contributed by atoms with E-state index in [1.54, 1.807) is 18.4 Å². The van der Waals surface area contributed by atoms with Crippen molar-refractivity contribution in [3.8, 4) is 0 Å². The largest absolute Gasteiger partial charge is 0.350 e. The lowest BCUT2D eigenvalue weighted by Gasteiger charge is -2.11. The molecular weight excluding hydrogens is 310 g/mol. The molecular formula is C15H23N7S. The van der Waals surface area contributed by atoms with E-state index in [2.05, 4.69) is 40.8 Å². The van der Waals surface area contributed by atoms with Crippen LogP contribution in [-0.2, 0) is 26.1 Å². The molecule has 0 amide bonds. The summed E-state index contributed by atoms with van der Waals surface area (Å²) < 4.78 is 2.25. The van der Waals surface area contributed by atoms with Gasteiger partial charge in [0.15, 0.2) is 11.8 Å². The van der Waals surface area contributed by atoms with E-state index in [1.165, 1.54) is 19.3 Å². The SMILES string of the molecule is CN=C(NCc1nc(C)cs1)NCc1nnc2n1CCCCC2. The molecule has 2 aromatic rings. The fourth-order valence-corrected chi connectivity index (χ4v) is 3.41. The number of thiazole rings is 1. The summed E-state index contributed by atoms with van der Waals surface area (Å²) in [6.45, 7) is 4.33. The number of aryl methyl sites for hydroxylation is 2. The number of rotatable bonds is 4. The predicted molar refractivity (Wildman–Crippen MR) is 91.5 cm³/mol. The topological polar surface area (TPSA) is 80.0 Å². The van der Waals surface area contributed by atoms with Crippen molar-refractivity contribution in [3.63, 3.8) is 0 Å². The predicted octanol–water partition coefficient (Wildman–Crippen LogP) is 1.63. The van der Waals surface area contributed by atoms with Gasteiger partial charge in [-0.1, -0.05) is 6.42 Å². The quantitative estimate of drug-likeness (QED) is 0.657. The zero-order valence-electron chi connectivity index (χ0n) is 13.7. The third kappa shape index (κ3) is 4.07. The van der Waals surface area contributed by atoms with Crippen LogP contribution in [0.4, 0.5) is 0 Å². The number of aliphatic imine (C=N–C) groups is 1. The fraction of sp³-hybridized carbons (Fsp3) is 0.600. The molecule has 8 heteroatoms. The number of aromatic nitrogens is 4. The Balaban J connectivity index is 1.55. The van der Waals surface area contributed by atoms with Gasteiger partial charge < -0.3 is 15.2 Å². The third-order valence-electron chi connectivity index (χ3n) is 3.90. The molecule has 3 rings (SSSR count). The number of fused-ring (bicyclic) bond motifs is 1. The van der Waals surface area contributed by atoms with Crippen molar-refractivity contribution in [3.05, 3.63) is 27.7 Å². The lowest BCUT2D eigenvalue weighted by molar-refractivity contribution is 0.596. The Morgan fingerprint density at radius 2 is 2.13 bits per heavy atom. The van der Waals surface area contributed by atoms with Crippen molar-refractivity contribution in [2.24, 2.45) is 4.99 Å². The monoisotopic (exact) mass is 333 g/mol. The van der Waals surface area contributed by atoms with Gasteiger partial charge in [0.1, 0.15) is 10.8 Å². The first-order valence-corrected chi connectivity index (χ1v) is 8.90. The van der Waals surface area contributed by atoms with Crippen LogP contribution in [0.2, 0.25) is 0 Å². The summed E-state index contributed by atoms with van der Waals surface area (Å²) in [4.78, 5) is 8.70. The Morgan fingerprint density at radius 1 is 1.26 bits per heavy atom. The van der Waals surface area contributed by atoms with Crippen LogP contribution >= 0.6 is 11.3 Å². The number of hydrogen-bond donors (Lipinski definition) is 2. The molecule has 2 aromatic heterocycles. The summed E-state index contributed by atoms with van der Waals surface area (Å²) in [6.07, 6.45) is 4.71. The van der Waals surface area contributed by atoms with Crippen LogP contribution in [0.25, 0.3) is 0 Å². The van der Waals surface area contributed by atoms with Crippen molar-refractivity contribution in [1.82, 2.24) is 30.4 Å². The summed E-state index contributed by atoms with van der Waals surface area (Å²) in [6, 6.07) is 0. The first-order chi connectivity index (χ1) is 11.3. The molecule has 0 spiro atoms. The average molecular weight is 333 g/mol. The molecule has 0 aromatic carbocycles. The van der Waals surface area contributed by atoms with Crippen molar-refractivity contribution in [1.29, 1.82) is 0 Å². The highest BCUT2D eigenvalue weighted by Crippen LogP contribution is 2.14. The number of nitrogens with zero attached hydrogens (tertiary/aromatic N) is 5. The molecule has 0 unspecified atom stereocenters. The Morgan fingerprint density at radius 3 is 2.91 bits per heavy atom. The maximum absolute atomic E-state index is 4.44. The molecule has 0 saturated carbocycles. The van der Waals surface area contributed by atoms with Gasteiger partial charge in [0, 0.05) is 31.1 Å². The Bertz CT molecular complexity index is 673. The molecule has 1 aliphatic heterocycles. The van der Waals surface area contributed by atoms with E-state index in [0.717, 1.165) is 41.3 Å². The van der Waals surface area contributed by atoms with E-state index in [1.807, 2.05) is 6.92 Å². The molecule has 0 radical (unpaired) electrons. The van der Waals surface area contributed by atoms with E-state index in [0.29, 0.717) is 13.1 Å². The van der Waals surface area contributed by atoms with E-state index in [4.69, 9.17) is 0 Å². The van der Waals surface area contributed by atoms with Crippen molar-refractivity contribution in [2.75, 3.05) is 7.05 Å². The minimum Gasteiger partial charge on any atom is -0.350 e. The first kappa shape index (κ1) is 15.9. The van der Waals surface area contributed by atoms with Gasteiger partial charge in [-0.05, 0) is 19.8 Å². The molecule has 124 valence electrons. The third-order valence-corrected chi connectivity index (χ3v) is 4.86. The first-order valence-electron chi connectivity index (χ1n) is 8.02. The van der Waals surface area contributed by atoms with E-state index >= 15 is 0 Å². The van der Waals surface area contributed by atoms with E-state index < -0.39 is 0 Å². The average Bonchev–Trinajstić information content (AvgIpc) is 3.06. The lowest BCUT2D eigenvalue weighted by atomic mass is 10.2. The highest BCUT2D eigenvalue weighted by molar-refractivity contribution is 7.09. The number of hydrogen-bond acceptors (Lipinski definition) is 5. The second-order valence-corrected chi connectivity index (χ2v) is 6.60. The molecule has 7 nitrogen and oxygen atoms in total. The zero-order valence-corrected chi connectivity index (χ0v) is 14.5. The van der Waals surface area contributed by atoms with Crippen molar-refractivity contribution in [2.45, 2.75) is 52.2 Å². The lowest BCUT2D eigenvalue weighted by Crippen LogP contribution is -2.37. The zero-order chi connectivity index (χ0) is 16.1. The summed E-state index contributed by atoms with van der Waals surface area (Å²) in [5.74, 6) is 2.85. The molecule has 23 heavy (non-hydrogen) atoms. The minimum absolute atomic E-state index is 0.629. The van der Waals surface area contributed by atoms with Gasteiger partial charge in [0.25, 0.3) is 0 Å². The molecule has 0 atom stereocenters. The van der Waals surface area contributed by atoms with E-state index in [-0.39, 0.29) is 0 Å². The van der Waals surface area contributed by atoms with Crippen LogP contribution in [0, 0.1) is 6.92 Å².